The van der Waals surface area contributed by atoms with Crippen molar-refractivity contribution in [2.45, 2.75) is 19.8 Å². The van der Waals surface area contributed by atoms with Crippen molar-refractivity contribution in [2.75, 3.05) is 5.73 Å². The smallest absolute Gasteiger partial charge is 0.149 e. The van der Waals surface area contributed by atoms with E-state index in [9.17, 15) is 0 Å². The van der Waals surface area contributed by atoms with Crippen LogP contribution in [0.2, 0.25) is 0 Å². The molecule has 2 aromatic heterocycles. The number of aromatic nitrogens is 3. The Morgan fingerprint density at radius 3 is 2.79 bits per heavy atom. The van der Waals surface area contributed by atoms with Crippen LogP contribution in [0.1, 0.15) is 25.5 Å². The van der Waals surface area contributed by atoms with Crippen molar-refractivity contribution in [1.82, 2.24) is 14.8 Å². The van der Waals surface area contributed by atoms with Crippen molar-refractivity contribution in [3.05, 3.63) is 18.0 Å². The zero-order valence-electron chi connectivity index (χ0n) is 8.65. The molecule has 4 heteroatoms. The lowest BCUT2D eigenvalue weighted by Crippen LogP contribution is -1.96. The van der Waals surface area contributed by atoms with E-state index in [0.717, 1.165) is 16.6 Å². The highest BCUT2D eigenvalue weighted by molar-refractivity contribution is 5.89. The number of nitrogen functional groups attached to an aromatic ring is 1. The summed E-state index contributed by atoms with van der Waals surface area (Å²) in [5.74, 6) is 0.949. The number of nitrogens with zero attached hydrogens (tertiary/aromatic N) is 3. The second-order valence-electron chi connectivity index (χ2n) is 3.76. The van der Waals surface area contributed by atoms with Crippen LogP contribution in [0.4, 0.5) is 5.82 Å². The molecule has 0 saturated heterocycles. The van der Waals surface area contributed by atoms with E-state index in [1.165, 1.54) is 0 Å². The van der Waals surface area contributed by atoms with Crippen molar-refractivity contribution >= 4 is 16.7 Å². The van der Waals surface area contributed by atoms with Gasteiger partial charge in [0.1, 0.15) is 11.3 Å². The third-order valence-corrected chi connectivity index (χ3v) is 2.36. The van der Waals surface area contributed by atoms with Crippen LogP contribution >= 0.6 is 0 Å². The van der Waals surface area contributed by atoms with Gasteiger partial charge in [0.15, 0.2) is 0 Å². The average Bonchev–Trinajstić information content (AvgIpc) is 2.45. The lowest BCUT2D eigenvalue weighted by Gasteiger charge is -1.99. The molecule has 4 nitrogen and oxygen atoms in total. The predicted molar refractivity (Wildman–Crippen MR) is 57.0 cm³/mol. The van der Waals surface area contributed by atoms with E-state index in [1.807, 2.05) is 13.1 Å². The summed E-state index contributed by atoms with van der Waals surface area (Å²) in [4.78, 5) is 4.06. The summed E-state index contributed by atoms with van der Waals surface area (Å²) in [6, 6.07) is 1.97. The molecule has 0 fully saturated rings. The second kappa shape index (κ2) is 2.97. The van der Waals surface area contributed by atoms with Gasteiger partial charge in [-0.3, -0.25) is 4.68 Å². The third kappa shape index (κ3) is 1.14. The average molecular weight is 190 g/mol. The van der Waals surface area contributed by atoms with Gasteiger partial charge in [0.25, 0.3) is 0 Å². The maximum absolute atomic E-state index is 5.80. The predicted octanol–water partition coefficient (Wildman–Crippen LogP) is 1.67. The Morgan fingerprint density at radius 1 is 1.43 bits per heavy atom. The zero-order chi connectivity index (χ0) is 10.3. The molecule has 0 spiro atoms. The van der Waals surface area contributed by atoms with E-state index in [4.69, 9.17) is 5.73 Å². The Kier molecular flexibility index (Phi) is 1.91. The molecule has 0 radical (unpaired) electrons. The molecule has 2 rings (SSSR count). The van der Waals surface area contributed by atoms with E-state index in [2.05, 4.69) is 23.9 Å². The van der Waals surface area contributed by atoms with E-state index in [0.29, 0.717) is 11.7 Å². The lowest BCUT2D eigenvalue weighted by atomic mass is 10.1. The van der Waals surface area contributed by atoms with Crippen LogP contribution in [-0.4, -0.2) is 14.8 Å². The molecule has 0 aromatic carbocycles. The Hall–Kier alpha value is -1.58. The summed E-state index contributed by atoms with van der Waals surface area (Å²) in [7, 11) is 1.90. The number of anilines is 1. The second-order valence-corrected chi connectivity index (χ2v) is 3.76. The van der Waals surface area contributed by atoms with Gasteiger partial charge in [-0.25, -0.2) is 4.98 Å². The number of hydrogen-bond acceptors (Lipinski definition) is 3. The van der Waals surface area contributed by atoms with Crippen molar-refractivity contribution in [3.8, 4) is 0 Å². The molecule has 74 valence electrons. The van der Waals surface area contributed by atoms with E-state index in [1.54, 1.807) is 10.9 Å². The summed E-state index contributed by atoms with van der Waals surface area (Å²) in [5, 5.41) is 5.55. The largest absolute Gasteiger partial charge is 0.382 e. The highest BCUT2D eigenvalue weighted by Crippen LogP contribution is 2.26. The summed E-state index contributed by atoms with van der Waals surface area (Å²) in [6.45, 7) is 4.25. The van der Waals surface area contributed by atoms with Gasteiger partial charge in [0.05, 0.1) is 5.69 Å². The fraction of sp³-hybridized carbons (Fsp3) is 0.400. The molecular formula is C10H14N4. The van der Waals surface area contributed by atoms with Gasteiger partial charge in [0, 0.05) is 18.6 Å². The van der Waals surface area contributed by atoms with Gasteiger partial charge >= 0.3 is 0 Å². The molecule has 0 unspecified atom stereocenters. The molecule has 0 aliphatic heterocycles. The number of pyridine rings is 1. The molecule has 2 aromatic rings. The van der Waals surface area contributed by atoms with Crippen LogP contribution in [0.5, 0.6) is 0 Å². The molecular weight excluding hydrogens is 176 g/mol. The SMILES string of the molecule is CC(C)c1nn(C)c2c(N)nccc12. The van der Waals surface area contributed by atoms with Gasteiger partial charge in [0.2, 0.25) is 0 Å². The van der Waals surface area contributed by atoms with E-state index < -0.39 is 0 Å². The van der Waals surface area contributed by atoms with Crippen molar-refractivity contribution < 1.29 is 0 Å². The fourth-order valence-electron chi connectivity index (χ4n) is 1.71. The molecule has 14 heavy (non-hydrogen) atoms. The zero-order valence-corrected chi connectivity index (χ0v) is 8.65. The highest BCUT2D eigenvalue weighted by Gasteiger charge is 2.13. The summed E-state index contributed by atoms with van der Waals surface area (Å²) >= 11 is 0. The monoisotopic (exact) mass is 190 g/mol. The molecule has 0 atom stereocenters. The maximum Gasteiger partial charge on any atom is 0.149 e. The third-order valence-electron chi connectivity index (χ3n) is 2.36. The van der Waals surface area contributed by atoms with Crippen LogP contribution in [0.3, 0.4) is 0 Å². The van der Waals surface area contributed by atoms with Crippen molar-refractivity contribution in [1.29, 1.82) is 0 Å². The van der Waals surface area contributed by atoms with Gasteiger partial charge in [-0.1, -0.05) is 13.8 Å². The Morgan fingerprint density at radius 2 is 2.14 bits per heavy atom. The molecule has 2 N–H and O–H groups in total. The van der Waals surface area contributed by atoms with Crippen LogP contribution in [-0.2, 0) is 7.05 Å². The molecule has 0 saturated carbocycles. The summed E-state index contributed by atoms with van der Waals surface area (Å²) in [6.07, 6.45) is 1.73. The normalized spacial score (nSPS) is 11.4. The number of nitrogens with two attached hydrogens (primary N) is 1. The minimum Gasteiger partial charge on any atom is -0.382 e. The molecule has 0 bridgehead atoms. The van der Waals surface area contributed by atoms with Crippen molar-refractivity contribution in [2.24, 2.45) is 7.05 Å². The quantitative estimate of drug-likeness (QED) is 0.744. The van der Waals surface area contributed by atoms with E-state index in [-0.39, 0.29) is 0 Å². The van der Waals surface area contributed by atoms with Crippen LogP contribution < -0.4 is 5.73 Å². The molecule has 2 heterocycles. The first kappa shape index (κ1) is 8.99. The molecule has 0 aliphatic carbocycles. The topological polar surface area (TPSA) is 56.7 Å². The standard InChI is InChI=1S/C10H14N4/c1-6(2)8-7-4-5-12-10(11)9(7)14(3)13-8/h4-6H,1-3H3,(H2,11,12). The Balaban J connectivity index is 2.84. The summed E-state index contributed by atoms with van der Waals surface area (Å²) in [5.41, 5.74) is 7.81. The molecule has 0 amide bonds. The van der Waals surface area contributed by atoms with Crippen LogP contribution in [0.25, 0.3) is 10.9 Å². The fourth-order valence-corrected chi connectivity index (χ4v) is 1.71. The first-order valence-corrected chi connectivity index (χ1v) is 4.68. The number of aryl methyl sites for hydroxylation is 1. The maximum atomic E-state index is 5.80. The van der Waals surface area contributed by atoms with E-state index >= 15 is 0 Å². The van der Waals surface area contributed by atoms with Crippen LogP contribution in [0, 0.1) is 0 Å². The number of fused-ring (bicyclic) bond motifs is 1. The molecule has 0 aliphatic rings. The van der Waals surface area contributed by atoms with Gasteiger partial charge < -0.3 is 5.73 Å². The first-order chi connectivity index (χ1) is 6.61. The Bertz CT molecular complexity index is 470. The van der Waals surface area contributed by atoms with Gasteiger partial charge in [-0.05, 0) is 12.0 Å². The Labute approximate surface area is 82.7 Å². The number of hydrogen-bond donors (Lipinski definition) is 1. The first-order valence-electron chi connectivity index (χ1n) is 4.68. The van der Waals surface area contributed by atoms with Gasteiger partial charge in [-0.15, -0.1) is 0 Å². The van der Waals surface area contributed by atoms with Crippen LogP contribution in [0.15, 0.2) is 12.3 Å². The summed E-state index contributed by atoms with van der Waals surface area (Å²) < 4.78 is 1.80. The minimum atomic E-state index is 0.403. The minimum absolute atomic E-state index is 0.403. The van der Waals surface area contributed by atoms with Gasteiger partial charge in [-0.2, -0.15) is 5.10 Å². The number of rotatable bonds is 1. The van der Waals surface area contributed by atoms with Crippen molar-refractivity contribution in [3.63, 3.8) is 0 Å². The lowest BCUT2D eigenvalue weighted by molar-refractivity contribution is 0.729. The highest BCUT2D eigenvalue weighted by atomic mass is 15.3.